The number of para-hydroxylation sites is 2. The molecule has 2 heteroatoms. The van der Waals surface area contributed by atoms with Crippen LogP contribution in [0.4, 0.5) is 11.4 Å². The number of anilines is 2. The van der Waals surface area contributed by atoms with Gasteiger partial charge in [-0.3, -0.25) is 0 Å². The Morgan fingerprint density at radius 1 is 0.600 bits per heavy atom. The van der Waals surface area contributed by atoms with E-state index in [4.69, 9.17) is 0 Å². The molecule has 3 rings (SSSR count). The third-order valence-corrected chi connectivity index (χ3v) is 4.86. The predicted molar refractivity (Wildman–Crippen MR) is 87.4 cm³/mol. The molecule has 20 heavy (non-hydrogen) atoms. The summed E-state index contributed by atoms with van der Waals surface area (Å²) in [5, 5.41) is 7.55. The average molecular weight is 272 g/mol. The molecule has 2 saturated carbocycles. The lowest BCUT2D eigenvalue weighted by Gasteiger charge is -2.28. The number of hydrogen-bond donors (Lipinski definition) is 2. The van der Waals surface area contributed by atoms with Crippen molar-refractivity contribution in [3.8, 4) is 0 Å². The van der Waals surface area contributed by atoms with Crippen LogP contribution in [-0.4, -0.2) is 12.1 Å². The third kappa shape index (κ3) is 3.68. The molecule has 0 unspecified atom stereocenters. The maximum atomic E-state index is 3.78. The maximum Gasteiger partial charge on any atom is 0.0578 e. The summed E-state index contributed by atoms with van der Waals surface area (Å²) in [6.07, 6.45) is 13.7. The summed E-state index contributed by atoms with van der Waals surface area (Å²) in [4.78, 5) is 0. The molecule has 2 aliphatic carbocycles. The van der Waals surface area contributed by atoms with Gasteiger partial charge >= 0.3 is 0 Å². The van der Waals surface area contributed by atoms with E-state index in [2.05, 4.69) is 34.9 Å². The second kappa shape index (κ2) is 7.01. The average Bonchev–Trinajstić information content (AvgIpc) is 2.51. The van der Waals surface area contributed by atoms with Gasteiger partial charge in [-0.25, -0.2) is 0 Å². The smallest absolute Gasteiger partial charge is 0.0578 e. The van der Waals surface area contributed by atoms with Crippen LogP contribution in [0.15, 0.2) is 24.3 Å². The fraction of sp³-hybridized carbons (Fsp3) is 0.667. The Kier molecular flexibility index (Phi) is 4.83. The van der Waals surface area contributed by atoms with Crippen molar-refractivity contribution in [3.63, 3.8) is 0 Å². The number of hydrogen-bond acceptors (Lipinski definition) is 2. The summed E-state index contributed by atoms with van der Waals surface area (Å²) < 4.78 is 0. The molecule has 0 radical (unpaired) electrons. The van der Waals surface area contributed by atoms with Gasteiger partial charge in [0.1, 0.15) is 0 Å². The van der Waals surface area contributed by atoms with Crippen molar-refractivity contribution in [3.05, 3.63) is 24.3 Å². The summed E-state index contributed by atoms with van der Waals surface area (Å²) in [5.74, 6) is 0. The van der Waals surface area contributed by atoms with Crippen LogP contribution in [0.25, 0.3) is 0 Å². The summed E-state index contributed by atoms with van der Waals surface area (Å²) in [6, 6.07) is 10.1. The van der Waals surface area contributed by atoms with Crippen LogP contribution in [0.1, 0.15) is 64.2 Å². The first-order valence-electron chi connectivity index (χ1n) is 8.54. The first-order valence-corrected chi connectivity index (χ1v) is 8.54. The van der Waals surface area contributed by atoms with Crippen LogP contribution in [0.5, 0.6) is 0 Å². The van der Waals surface area contributed by atoms with Crippen LogP contribution in [0, 0.1) is 0 Å². The predicted octanol–water partition coefficient (Wildman–Crippen LogP) is 5.18. The van der Waals surface area contributed by atoms with Crippen molar-refractivity contribution >= 4 is 11.4 Å². The fourth-order valence-electron chi connectivity index (χ4n) is 3.67. The van der Waals surface area contributed by atoms with Gasteiger partial charge in [-0.15, -0.1) is 0 Å². The Morgan fingerprint density at radius 3 is 1.40 bits per heavy atom. The minimum absolute atomic E-state index is 0.679. The van der Waals surface area contributed by atoms with Gasteiger partial charge in [-0.2, -0.15) is 0 Å². The molecule has 0 bridgehead atoms. The molecule has 0 heterocycles. The number of nitrogens with one attached hydrogen (secondary N) is 2. The van der Waals surface area contributed by atoms with Crippen LogP contribution in [-0.2, 0) is 0 Å². The quantitative estimate of drug-likeness (QED) is 0.789. The van der Waals surface area contributed by atoms with Crippen LogP contribution in [0.3, 0.4) is 0 Å². The Bertz CT molecular complexity index is 365. The molecule has 0 atom stereocenters. The van der Waals surface area contributed by atoms with Crippen molar-refractivity contribution < 1.29 is 0 Å². The lowest BCUT2D eigenvalue weighted by Crippen LogP contribution is -2.25. The van der Waals surface area contributed by atoms with E-state index >= 15 is 0 Å². The highest BCUT2D eigenvalue weighted by Crippen LogP contribution is 2.29. The maximum absolute atomic E-state index is 3.78. The zero-order chi connectivity index (χ0) is 13.6. The second-order valence-corrected chi connectivity index (χ2v) is 6.50. The van der Waals surface area contributed by atoms with Gasteiger partial charge in [0.15, 0.2) is 0 Å². The van der Waals surface area contributed by atoms with Gasteiger partial charge in [0.05, 0.1) is 11.4 Å². The van der Waals surface area contributed by atoms with Gasteiger partial charge in [0.2, 0.25) is 0 Å². The Hall–Kier alpha value is -1.18. The molecule has 2 nitrogen and oxygen atoms in total. The van der Waals surface area contributed by atoms with Crippen molar-refractivity contribution in [2.24, 2.45) is 0 Å². The van der Waals surface area contributed by atoms with Crippen molar-refractivity contribution in [2.75, 3.05) is 10.6 Å². The van der Waals surface area contributed by atoms with Crippen molar-refractivity contribution in [1.29, 1.82) is 0 Å². The van der Waals surface area contributed by atoms with Gasteiger partial charge in [0.25, 0.3) is 0 Å². The largest absolute Gasteiger partial charge is 0.381 e. The highest BCUT2D eigenvalue weighted by molar-refractivity contribution is 5.69. The lowest BCUT2D eigenvalue weighted by atomic mass is 9.94. The minimum atomic E-state index is 0.679. The van der Waals surface area contributed by atoms with Crippen LogP contribution >= 0.6 is 0 Å². The van der Waals surface area contributed by atoms with E-state index in [1.807, 2.05) is 0 Å². The third-order valence-electron chi connectivity index (χ3n) is 4.86. The summed E-state index contributed by atoms with van der Waals surface area (Å²) >= 11 is 0. The summed E-state index contributed by atoms with van der Waals surface area (Å²) in [7, 11) is 0. The SMILES string of the molecule is c1ccc(NC2CCCCC2)c(NC2CCCCC2)c1. The zero-order valence-corrected chi connectivity index (χ0v) is 12.5. The Labute approximate surface area is 123 Å². The molecule has 2 fully saturated rings. The molecular formula is C18H28N2. The zero-order valence-electron chi connectivity index (χ0n) is 12.5. The molecule has 0 aliphatic heterocycles. The van der Waals surface area contributed by atoms with Gasteiger partial charge in [0, 0.05) is 12.1 Å². The minimum Gasteiger partial charge on any atom is -0.381 e. The second-order valence-electron chi connectivity index (χ2n) is 6.50. The van der Waals surface area contributed by atoms with Gasteiger partial charge in [-0.1, -0.05) is 50.7 Å². The van der Waals surface area contributed by atoms with E-state index in [0.717, 1.165) is 0 Å². The molecule has 2 N–H and O–H groups in total. The van der Waals surface area contributed by atoms with E-state index in [1.165, 1.54) is 75.6 Å². The molecular weight excluding hydrogens is 244 g/mol. The lowest BCUT2D eigenvalue weighted by molar-refractivity contribution is 0.460. The molecule has 1 aromatic carbocycles. The molecule has 0 aromatic heterocycles. The van der Waals surface area contributed by atoms with Crippen molar-refractivity contribution in [2.45, 2.75) is 76.3 Å². The highest BCUT2D eigenvalue weighted by Gasteiger charge is 2.17. The number of benzene rings is 1. The van der Waals surface area contributed by atoms with Crippen LogP contribution in [0.2, 0.25) is 0 Å². The highest BCUT2D eigenvalue weighted by atomic mass is 15.0. The van der Waals surface area contributed by atoms with Gasteiger partial charge < -0.3 is 10.6 Å². The number of rotatable bonds is 4. The molecule has 0 saturated heterocycles. The Morgan fingerprint density at radius 2 is 1.00 bits per heavy atom. The molecule has 2 aliphatic rings. The topological polar surface area (TPSA) is 24.1 Å². The van der Waals surface area contributed by atoms with Crippen LogP contribution < -0.4 is 10.6 Å². The first-order chi connectivity index (χ1) is 9.92. The molecule has 0 spiro atoms. The van der Waals surface area contributed by atoms with E-state index in [9.17, 15) is 0 Å². The normalized spacial score (nSPS) is 21.6. The Balaban J connectivity index is 1.63. The van der Waals surface area contributed by atoms with E-state index in [0.29, 0.717) is 12.1 Å². The molecule has 110 valence electrons. The van der Waals surface area contributed by atoms with Crippen molar-refractivity contribution in [1.82, 2.24) is 0 Å². The molecule has 1 aromatic rings. The molecule has 0 amide bonds. The summed E-state index contributed by atoms with van der Waals surface area (Å²) in [6.45, 7) is 0. The standard InChI is InChI=1S/C18H28N2/c1-3-9-15(10-4-1)19-17-13-7-8-14-18(17)20-16-11-5-2-6-12-16/h7-8,13-16,19-20H,1-6,9-12H2. The van der Waals surface area contributed by atoms with Gasteiger partial charge in [-0.05, 0) is 37.8 Å². The van der Waals surface area contributed by atoms with E-state index in [1.54, 1.807) is 0 Å². The van der Waals surface area contributed by atoms with E-state index in [-0.39, 0.29) is 0 Å². The first kappa shape index (κ1) is 13.8. The summed E-state index contributed by atoms with van der Waals surface area (Å²) in [5.41, 5.74) is 2.62. The fourth-order valence-corrected chi connectivity index (χ4v) is 3.67. The van der Waals surface area contributed by atoms with E-state index < -0.39 is 0 Å². The monoisotopic (exact) mass is 272 g/mol.